The molecule has 7 nitrogen and oxygen atoms in total. The van der Waals surface area contributed by atoms with Crippen LogP contribution in [0.1, 0.15) is 28.5 Å². The highest BCUT2D eigenvalue weighted by Gasteiger charge is 2.33. The number of alkyl halides is 3. The number of rotatable bonds is 5. The molecule has 0 radical (unpaired) electrons. The lowest BCUT2D eigenvalue weighted by atomic mass is 10.0. The molecule has 1 amide bonds. The Kier molecular flexibility index (Phi) is 5.52. The van der Waals surface area contributed by atoms with Crippen LogP contribution < -0.4 is 10.1 Å². The summed E-state index contributed by atoms with van der Waals surface area (Å²) in [4.78, 5) is 21.4. The molecule has 0 unspecified atom stereocenters. The summed E-state index contributed by atoms with van der Waals surface area (Å²) >= 11 is 0. The molecule has 0 saturated heterocycles. The minimum atomic E-state index is -4.54. The average molecular weight is 441 g/mol. The Bertz CT molecular complexity index is 1300. The van der Waals surface area contributed by atoms with Gasteiger partial charge >= 0.3 is 6.18 Å². The quantitative estimate of drug-likeness (QED) is 0.483. The van der Waals surface area contributed by atoms with Crippen LogP contribution in [-0.2, 0) is 6.18 Å². The SMILES string of the molecule is CCOc1cc(NC(=O)c2c(C)nn3ccc(-c4ccccc4C(F)(F)F)nc23)ccn1. The van der Waals surface area contributed by atoms with Crippen LogP contribution in [0.25, 0.3) is 16.9 Å². The van der Waals surface area contributed by atoms with Crippen LogP contribution >= 0.6 is 0 Å². The van der Waals surface area contributed by atoms with E-state index >= 15 is 0 Å². The second kappa shape index (κ2) is 8.29. The maximum atomic E-state index is 13.5. The first kappa shape index (κ1) is 21.3. The maximum Gasteiger partial charge on any atom is 0.417 e. The van der Waals surface area contributed by atoms with Crippen molar-refractivity contribution in [1.82, 2.24) is 19.6 Å². The number of pyridine rings is 1. The van der Waals surface area contributed by atoms with Crippen molar-refractivity contribution in [2.75, 3.05) is 11.9 Å². The van der Waals surface area contributed by atoms with Crippen molar-refractivity contribution in [2.45, 2.75) is 20.0 Å². The van der Waals surface area contributed by atoms with Crippen molar-refractivity contribution in [3.05, 3.63) is 71.7 Å². The number of nitrogens with zero attached hydrogens (tertiary/aromatic N) is 4. The number of ether oxygens (including phenoxy) is 1. The summed E-state index contributed by atoms with van der Waals surface area (Å²) < 4.78 is 47.1. The predicted octanol–water partition coefficient (Wildman–Crippen LogP) is 4.77. The average Bonchev–Trinajstić information content (AvgIpc) is 3.08. The van der Waals surface area contributed by atoms with E-state index in [1.165, 1.54) is 41.2 Å². The van der Waals surface area contributed by atoms with Crippen molar-refractivity contribution in [2.24, 2.45) is 0 Å². The van der Waals surface area contributed by atoms with Crippen LogP contribution in [0.5, 0.6) is 5.88 Å². The Hall–Kier alpha value is -3.95. The molecule has 0 bridgehead atoms. The highest BCUT2D eigenvalue weighted by atomic mass is 19.4. The zero-order chi connectivity index (χ0) is 22.9. The van der Waals surface area contributed by atoms with Gasteiger partial charge in [0.15, 0.2) is 5.65 Å². The monoisotopic (exact) mass is 441 g/mol. The molecule has 4 rings (SSSR count). The number of hydrogen-bond donors (Lipinski definition) is 1. The molecule has 4 aromatic rings. The third-order valence-electron chi connectivity index (χ3n) is 4.68. The van der Waals surface area contributed by atoms with Gasteiger partial charge in [0.2, 0.25) is 5.88 Å². The largest absolute Gasteiger partial charge is 0.478 e. The number of aromatic nitrogens is 4. The Morgan fingerprint density at radius 1 is 1.19 bits per heavy atom. The first-order valence-electron chi connectivity index (χ1n) is 9.70. The number of aryl methyl sites for hydroxylation is 1. The summed E-state index contributed by atoms with van der Waals surface area (Å²) in [5, 5.41) is 7.00. The van der Waals surface area contributed by atoms with Crippen LogP contribution in [0.3, 0.4) is 0 Å². The number of hydrogen-bond acceptors (Lipinski definition) is 5. The van der Waals surface area contributed by atoms with E-state index in [0.717, 1.165) is 6.07 Å². The van der Waals surface area contributed by atoms with E-state index in [-0.39, 0.29) is 22.5 Å². The van der Waals surface area contributed by atoms with E-state index in [0.29, 0.717) is 23.9 Å². The topological polar surface area (TPSA) is 81.4 Å². The smallest absolute Gasteiger partial charge is 0.417 e. The molecular weight excluding hydrogens is 423 g/mol. The normalized spacial score (nSPS) is 11.5. The molecule has 3 heterocycles. The van der Waals surface area contributed by atoms with E-state index in [2.05, 4.69) is 20.4 Å². The van der Waals surface area contributed by atoms with Crippen LogP contribution in [0.2, 0.25) is 0 Å². The van der Waals surface area contributed by atoms with Gasteiger partial charge in [-0.15, -0.1) is 0 Å². The minimum Gasteiger partial charge on any atom is -0.478 e. The molecule has 0 aliphatic carbocycles. The molecule has 0 atom stereocenters. The van der Waals surface area contributed by atoms with Crippen molar-refractivity contribution in [1.29, 1.82) is 0 Å². The highest BCUT2D eigenvalue weighted by Crippen LogP contribution is 2.36. The van der Waals surface area contributed by atoms with Crippen molar-refractivity contribution < 1.29 is 22.7 Å². The van der Waals surface area contributed by atoms with Gasteiger partial charge in [0.05, 0.1) is 23.6 Å². The lowest BCUT2D eigenvalue weighted by molar-refractivity contribution is -0.137. The van der Waals surface area contributed by atoms with Crippen LogP contribution in [-0.4, -0.2) is 32.1 Å². The fourth-order valence-electron chi connectivity index (χ4n) is 3.32. The number of halogens is 3. The molecule has 3 aromatic heterocycles. The minimum absolute atomic E-state index is 0.0804. The Balaban J connectivity index is 1.75. The Morgan fingerprint density at radius 2 is 1.97 bits per heavy atom. The third kappa shape index (κ3) is 4.11. The molecular formula is C22H18F3N5O2. The summed E-state index contributed by atoms with van der Waals surface area (Å²) in [7, 11) is 0. The Labute approximate surface area is 180 Å². The summed E-state index contributed by atoms with van der Waals surface area (Å²) in [6, 6.07) is 9.76. The van der Waals surface area contributed by atoms with Gasteiger partial charge in [-0.2, -0.15) is 18.3 Å². The fraction of sp³-hybridized carbons (Fsp3) is 0.182. The van der Waals surface area contributed by atoms with Crippen molar-refractivity contribution in [3.63, 3.8) is 0 Å². The predicted molar refractivity (Wildman–Crippen MR) is 112 cm³/mol. The lowest BCUT2D eigenvalue weighted by Gasteiger charge is -2.12. The van der Waals surface area contributed by atoms with Gasteiger partial charge in [-0.1, -0.05) is 18.2 Å². The van der Waals surface area contributed by atoms with Crippen molar-refractivity contribution >= 4 is 17.2 Å². The number of amides is 1. The van der Waals surface area contributed by atoms with Gasteiger partial charge in [0.1, 0.15) is 5.56 Å². The molecule has 0 aliphatic rings. The van der Waals surface area contributed by atoms with Gasteiger partial charge < -0.3 is 10.1 Å². The van der Waals surface area contributed by atoms with E-state index in [9.17, 15) is 18.0 Å². The number of benzene rings is 1. The van der Waals surface area contributed by atoms with E-state index in [1.54, 1.807) is 19.1 Å². The molecule has 0 aliphatic heterocycles. The molecule has 10 heteroatoms. The van der Waals surface area contributed by atoms with E-state index in [4.69, 9.17) is 4.74 Å². The van der Waals surface area contributed by atoms with Crippen molar-refractivity contribution in [3.8, 4) is 17.1 Å². The second-order valence-electron chi connectivity index (χ2n) is 6.85. The van der Waals surface area contributed by atoms with Crippen LogP contribution in [0, 0.1) is 6.92 Å². The molecule has 1 aromatic carbocycles. The second-order valence-corrected chi connectivity index (χ2v) is 6.85. The molecule has 0 spiro atoms. The molecule has 164 valence electrons. The molecule has 1 N–H and O–H groups in total. The zero-order valence-electron chi connectivity index (χ0n) is 17.1. The van der Waals surface area contributed by atoms with Gasteiger partial charge in [-0.3, -0.25) is 4.79 Å². The number of anilines is 1. The van der Waals surface area contributed by atoms with Crippen LogP contribution in [0.4, 0.5) is 18.9 Å². The number of carbonyl (C=O) groups is 1. The van der Waals surface area contributed by atoms with E-state index < -0.39 is 17.6 Å². The van der Waals surface area contributed by atoms with Gasteiger partial charge in [-0.05, 0) is 32.0 Å². The fourth-order valence-corrected chi connectivity index (χ4v) is 3.32. The lowest BCUT2D eigenvalue weighted by Crippen LogP contribution is -2.14. The zero-order valence-corrected chi connectivity index (χ0v) is 17.1. The van der Waals surface area contributed by atoms with Gasteiger partial charge in [0, 0.05) is 29.7 Å². The summed E-state index contributed by atoms with van der Waals surface area (Å²) in [6.07, 6.45) is -1.57. The van der Waals surface area contributed by atoms with E-state index in [1.807, 2.05) is 6.92 Å². The summed E-state index contributed by atoms with van der Waals surface area (Å²) in [5.41, 5.74) is 0.338. The van der Waals surface area contributed by atoms with Gasteiger partial charge in [0.25, 0.3) is 5.91 Å². The first-order chi connectivity index (χ1) is 15.3. The Morgan fingerprint density at radius 3 is 2.72 bits per heavy atom. The molecule has 0 fully saturated rings. The first-order valence-corrected chi connectivity index (χ1v) is 9.70. The number of carbonyl (C=O) groups excluding carboxylic acids is 1. The third-order valence-corrected chi connectivity index (χ3v) is 4.68. The maximum absolute atomic E-state index is 13.5. The van der Waals surface area contributed by atoms with Gasteiger partial charge in [-0.25, -0.2) is 14.5 Å². The summed E-state index contributed by atoms with van der Waals surface area (Å²) in [6.45, 7) is 3.87. The van der Waals surface area contributed by atoms with Crippen LogP contribution in [0.15, 0.2) is 54.9 Å². The number of nitrogens with one attached hydrogen (secondary N) is 1. The number of fused-ring (bicyclic) bond motifs is 1. The molecule has 32 heavy (non-hydrogen) atoms. The summed E-state index contributed by atoms with van der Waals surface area (Å²) in [5.74, 6) is -0.147. The standard InChI is InChI=1S/C22H18F3N5O2/c1-3-32-18-12-14(8-10-26-18)27-21(31)19-13(2)29-30-11-9-17(28-20(19)30)15-6-4-5-7-16(15)22(23,24)25/h4-12H,3H2,1-2H3,(H,26,27,31). The highest BCUT2D eigenvalue weighted by molar-refractivity contribution is 6.09. The molecule has 0 saturated carbocycles.